The molecule has 0 spiro atoms. The van der Waals surface area contributed by atoms with Gasteiger partial charge in [0.1, 0.15) is 5.82 Å². The van der Waals surface area contributed by atoms with Crippen molar-refractivity contribution in [2.45, 2.75) is 51.2 Å². The van der Waals surface area contributed by atoms with Crippen LogP contribution in [0.25, 0.3) is 0 Å². The summed E-state index contributed by atoms with van der Waals surface area (Å²) in [5, 5.41) is 3.28. The molecule has 0 radical (unpaired) electrons. The van der Waals surface area contributed by atoms with Crippen molar-refractivity contribution in [2.24, 2.45) is 5.92 Å². The molecule has 1 heterocycles. The highest BCUT2D eigenvalue weighted by Crippen LogP contribution is 2.31. The number of hydrogen-bond acceptors (Lipinski definition) is 5. The number of nitrogen functional groups attached to an aromatic ring is 1. The zero-order valence-electron chi connectivity index (χ0n) is 14.5. The number of nitrogens with one attached hydrogen (secondary N) is 1. The van der Waals surface area contributed by atoms with Crippen molar-refractivity contribution in [1.82, 2.24) is 15.0 Å². The number of rotatable bonds is 5. The van der Waals surface area contributed by atoms with Crippen molar-refractivity contribution in [3.05, 3.63) is 41.5 Å². The van der Waals surface area contributed by atoms with Crippen LogP contribution in [0.3, 0.4) is 0 Å². The minimum atomic E-state index is -1.69. The van der Waals surface area contributed by atoms with Crippen molar-refractivity contribution < 1.29 is 8.78 Å². The Kier molecular flexibility index (Phi) is 4.83. The number of nitrogens with two attached hydrogens (primary N) is 1. The Morgan fingerprint density at radius 1 is 1.24 bits per heavy atom. The maximum atomic E-state index is 14.1. The van der Waals surface area contributed by atoms with Gasteiger partial charge in [0, 0.05) is 6.04 Å². The highest BCUT2D eigenvalue weighted by atomic mass is 19.1. The lowest BCUT2D eigenvalue weighted by Crippen LogP contribution is -2.28. The lowest BCUT2D eigenvalue weighted by atomic mass is 9.94. The quantitative estimate of drug-likeness (QED) is 0.864. The number of anilines is 2. The first-order chi connectivity index (χ1) is 11.8. The predicted octanol–water partition coefficient (Wildman–Crippen LogP) is 3.62. The van der Waals surface area contributed by atoms with Gasteiger partial charge in [0.15, 0.2) is 11.5 Å². The van der Waals surface area contributed by atoms with Crippen LogP contribution in [0, 0.1) is 11.7 Å². The van der Waals surface area contributed by atoms with Gasteiger partial charge in [-0.25, -0.2) is 8.78 Å². The number of nitrogens with zero attached hydrogens (tertiary/aromatic N) is 3. The van der Waals surface area contributed by atoms with Gasteiger partial charge in [0.2, 0.25) is 11.9 Å². The smallest absolute Gasteiger partial charge is 0.228 e. The van der Waals surface area contributed by atoms with Gasteiger partial charge in [-0.15, -0.1) is 0 Å². The Labute approximate surface area is 146 Å². The largest absolute Gasteiger partial charge is 0.368 e. The van der Waals surface area contributed by atoms with Gasteiger partial charge in [-0.3, -0.25) is 0 Å². The fraction of sp³-hybridized carbons (Fsp3) is 0.500. The molecule has 2 atom stereocenters. The minimum Gasteiger partial charge on any atom is -0.368 e. The first kappa shape index (κ1) is 17.5. The van der Waals surface area contributed by atoms with Gasteiger partial charge < -0.3 is 11.1 Å². The van der Waals surface area contributed by atoms with E-state index < -0.39 is 5.67 Å². The van der Waals surface area contributed by atoms with Crippen LogP contribution in [0.1, 0.15) is 44.5 Å². The molecule has 0 amide bonds. The molecule has 5 nitrogen and oxygen atoms in total. The molecule has 134 valence electrons. The van der Waals surface area contributed by atoms with Gasteiger partial charge in [-0.1, -0.05) is 18.6 Å². The maximum Gasteiger partial charge on any atom is 0.228 e. The lowest BCUT2D eigenvalue weighted by Gasteiger charge is -2.22. The third-order valence-electron chi connectivity index (χ3n) is 4.54. The van der Waals surface area contributed by atoms with E-state index in [0.717, 1.165) is 31.2 Å². The first-order valence-corrected chi connectivity index (χ1v) is 8.53. The molecular weight excluding hydrogens is 324 g/mol. The van der Waals surface area contributed by atoms with Crippen LogP contribution in [-0.2, 0) is 12.1 Å². The molecule has 0 aliphatic heterocycles. The molecule has 3 N–H and O–H groups in total. The van der Waals surface area contributed by atoms with E-state index in [9.17, 15) is 8.78 Å². The highest BCUT2D eigenvalue weighted by molar-refractivity contribution is 5.34. The van der Waals surface area contributed by atoms with E-state index in [1.54, 1.807) is 12.1 Å². The average Bonchev–Trinajstić information content (AvgIpc) is 2.93. The fourth-order valence-electron chi connectivity index (χ4n) is 3.33. The summed E-state index contributed by atoms with van der Waals surface area (Å²) >= 11 is 0. The fourth-order valence-corrected chi connectivity index (χ4v) is 3.33. The van der Waals surface area contributed by atoms with Crippen molar-refractivity contribution >= 4 is 11.9 Å². The molecule has 0 bridgehead atoms. The Morgan fingerprint density at radius 2 is 2.04 bits per heavy atom. The third-order valence-corrected chi connectivity index (χ3v) is 4.54. The third kappa shape index (κ3) is 4.41. The molecule has 25 heavy (non-hydrogen) atoms. The van der Waals surface area contributed by atoms with E-state index in [-0.39, 0.29) is 23.6 Å². The van der Waals surface area contributed by atoms with Crippen LogP contribution in [0.15, 0.2) is 24.3 Å². The number of aromatic nitrogens is 3. The second kappa shape index (κ2) is 6.90. The van der Waals surface area contributed by atoms with E-state index in [1.807, 2.05) is 6.07 Å². The average molecular weight is 347 g/mol. The topological polar surface area (TPSA) is 76.7 Å². The van der Waals surface area contributed by atoms with E-state index >= 15 is 0 Å². The second-order valence-electron chi connectivity index (χ2n) is 7.09. The minimum absolute atomic E-state index is 0.00194. The second-order valence-corrected chi connectivity index (χ2v) is 7.09. The molecule has 1 saturated carbocycles. The molecule has 0 saturated heterocycles. The zero-order valence-corrected chi connectivity index (χ0v) is 14.5. The van der Waals surface area contributed by atoms with Crippen molar-refractivity contribution in [1.29, 1.82) is 0 Å². The molecule has 7 heteroatoms. The summed E-state index contributed by atoms with van der Waals surface area (Å²) in [7, 11) is 0. The Bertz CT molecular complexity index is 744. The van der Waals surface area contributed by atoms with Crippen LogP contribution in [0.5, 0.6) is 0 Å². The number of alkyl halides is 1. The SMILES string of the molecule is CC(C)(F)c1nc(N)nc(NC2CCCC2Cc2cccc(F)c2)n1. The van der Waals surface area contributed by atoms with Crippen molar-refractivity contribution in [3.8, 4) is 0 Å². The summed E-state index contributed by atoms with van der Waals surface area (Å²) in [6.07, 6.45) is 3.84. The van der Waals surface area contributed by atoms with Crippen molar-refractivity contribution in [3.63, 3.8) is 0 Å². The van der Waals surface area contributed by atoms with Crippen LogP contribution >= 0.6 is 0 Å². The predicted molar refractivity (Wildman–Crippen MR) is 93.2 cm³/mol. The molecule has 2 aromatic rings. The Hall–Kier alpha value is -2.31. The molecule has 1 fully saturated rings. The van der Waals surface area contributed by atoms with Crippen LogP contribution in [0.4, 0.5) is 20.7 Å². The summed E-state index contributed by atoms with van der Waals surface area (Å²) in [6.45, 7) is 2.77. The standard InChI is InChI=1S/C18H23F2N5/c1-18(2,20)15-23-16(21)25-17(24-15)22-14-8-4-6-12(14)9-11-5-3-7-13(19)10-11/h3,5,7,10,12,14H,4,6,8-9H2,1-2H3,(H3,21,22,23,24,25). The van der Waals surface area contributed by atoms with Gasteiger partial charge >= 0.3 is 0 Å². The number of hydrogen-bond donors (Lipinski definition) is 2. The molecule has 1 aromatic carbocycles. The van der Waals surface area contributed by atoms with Gasteiger partial charge in [0.05, 0.1) is 0 Å². The van der Waals surface area contributed by atoms with Gasteiger partial charge in [0.25, 0.3) is 0 Å². The first-order valence-electron chi connectivity index (χ1n) is 8.53. The molecular formula is C18H23F2N5. The monoisotopic (exact) mass is 347 g/mol. The summed E-state index contributed by atoms with van der Waals surface area (Å²) < 4.78 is 27.5. The molecule has 3 rings (SSSR count). The van der Waals surface area contributed by atoms with Gasteiger partial charge in [-0.05, 0) is 56.7 Å². The van der Waals surface area contributed by atoms with Crippen LogP contribution in [0.2, 0.25) is 0 Å². The maximum absolute atomic E-state index is 14.1. The summed E-state index contributed by atoms with van der Waals surface area (Å²) in [5.41, 5.74) is 4.98. The van der Waals surface area contributed by atoms with E-state index in [1.165, 1.54) is 19.9 Å². The summed E-state index contributed by atoms with van der Waals surface area (Å²) in [6, 6.07) is 6.82. The lowest BCUT2D eigenvalue weighted by molar-refractivity contribution is 0.206. The number of halogens is 2. The van der Waals surface area contributed by atoms with Crippen LogP contribution < -0.4 is 11.1 Å². The molecule has 2 unspecified atom stereocenters. The van der Waals surface area contributed by atoms with Crippen LogP contribution in [-0.4, -0.2) is 21.0 Å². The van der Waals surface area contributed by atoms with E-state index in [2.05, 4.69) is 20.3 Å². The number of benzene rings is 1. The Morgan fingerprint density at radius 3 is 2.76 bits per heavy atom. The van der Waals surface area contributed by atoms with Crippen molar-refractivity contribution in [2.75, 3.05) is 11.1 Å². The zero-order chi connectivity index (χ0) is 18.0. The molecule has 1 aromatic heterocycles. The normalized spacial score (nSPS) is 20.6. The molecule has 1 aliphatic rings. The van der Waals surface area contributed by atoms with Gasteiger partial charge in [-0.2, -0.15) is 15.0 Å². The van der Waals surface area contributed by atoms with E-state index in [4.69, 9.17) is 5.73 Å². The van der Waals surface area contributed by atoms with E-state index in [0.29, 0.717) is 11.9 Å². The molecule has 1 aliphatic carbocycles. The Balaban J connectivity index is 1.74. The summed E-state index contributed by atoms with van der Waals surface area (Å²) in [5.74, 6) is 0.422. The highest BCUT2D eigenvalue weighted by Gasteiger charge is 2.29. The summed E-state index contributed by atoms with van der Waals surface area (Å²) in [4.78, 5) is 12.1.